The van der Waals surface area contributed by atoms with Crippen molar-refractivity contribution in [3.63, 3.8) is 0 Å². The number of carbonyl (C=O) groups excluding carboxylic acids is 1. The second kappa shape index (κ2) is 4.73. The number of rotatable bonds is 2. The highest BCUT2D eigenvalue weighted by Gasteiger charge is 2.14. The quantitative estimate of drug-likeness (QED) is 0.671. The summed E-state index contributed by atoms with van der Waals surface area (Å²) in [5.74, 6) is -1.29. The Morgan fingerprint density at radius 3 is 2.94 bits per heavy atom. The zero-order valence-electron chi connectivity index (χ0n) is 9.22. The van der Waals surface area contributed by atoms with Crippen molar-refractivity contribution in [2.45, 2.75) is 0 Å². The second-order valence-corrected chi connectivity index (χ2v) is 4.18. The van der Waals surface area contributed by atoms with Gasteiger partial charge in [0.25, 0.3) is 5.82 Å². The Morgan fingerprint density at radius 1 is 1.56 bits per heavy atom. The van der Waals surface area contributed by atoms with Gasteiger partial charge in [-0.05, 0) is 22.0 Å². The number of carbonyl (C=O) groups is 1. The van der Waals surface area contributed by atoms with Gasteiger partial charge in [0.15, 0.2) is 0 Å². The predicted molar refractivity (Wildman–Crippen MR) is 64.8 cm³/mol. The van der Waals surface area contributed by atoms with Crippen LogP contribution in [-0.4, -0.2) is 27.8 Å². The lowest BCUT2D eigenvalue weighted by Gasteiger charge is -2.06. The molecule has 0 aliphatic heterocycles. The second-order valence-electron chi connectivity index (χ2n) is 3.33. The molecule has 0 fully saturated rings. The van der Waals surface area contributed by atoms with E-state index < -0.39 is 11.8 Å². The summed E-state index contributed by atoms with van der Waals surface area (Å²) in [6.07, 6.45) is 1.26. The normalized spacial score (nSPS) is 10.4. The third-order valence-corrected chi connectivity index (χ3v) is 2.78. The molecule has 2 rings (SSSR count). The molecule has 0 unspecified atom stereocenters. The number of hydrogen-bond donors (Lipinski definition) is 1. The fourth-order valence-corrected chi connectivity index (χ4v) is 1.68. The van der Waals surface area contributed by atoms with Crippen molar-refractivity contribution in [1.82, 2.24) is 14.8 Å². The minimum absolute atomic E-state index is 0.125. The van der Waals surface area contributed by atoms with Gasteiger partial charge in [0, 0.05) is 6.07 Å². The molecule has 2 N–H and O–H groups in total. The molecule has 8 heteroatoms. The lowest BCUT2D eigenvalue weighted by atomic mass is 10.2. The average Bonchev–Trinajstić information content (AvgIpc) is 2.82. The van der Waals surface area contributed by atoms with Gasteiger partial charge < -0.3 is 10.5 Å². The van der Waals surface area contributed by atoms with Crippen LogP contribution in [0.25, 0.3) is 5.69 Å². The minimum Gasteiger partial charge on any atom is -0.463 e. The van der Waals surface area contributed by atoms with Crippen molar-refractivity contribution in [3.05, 3.63) is 34.6 Å². The Labute approximate surface area is 110 Å². The van der Waals surface area contributed by atoms with Crippen LogP contribution in [0.4, 0.5) is 10.1 Å². The van der Waals surface area contributed by atoms with Crippen molar-refractivity contribution in [1.29, 1.82) is 0 Å². The first kappa shape index (κ1) is 12.5. The van der Waals surface area contributed by atoms with Crippen molar-refractivity contribution in [2.24, 2.45) is 0 Å². The van der Waals surface area contributed by atoms with Crippen LogP contribution in [0.3, 0.4) is 0 Å². The number of esters is 1. The van der Waals surface area contributed by atoms with Crippen molar-refractivity contribution in [2.75, 3.05) is 12.8 Å². The highest BCUT2D eigenvalue weighted by molar-refractivity contribution is 9.10. The highest BCUT2D eigenvalue weighted by Crippen LogP contribution is 2.24. The molecule has 0 radical (unpaired) electrons. The van der Waals surface area contributed by atoms with E-state index in [9.17, 15) is 9.18 Å². The standard InChI is InChI=1S/C10H8BrFN4O2/c1-18-10(17)9-14-4-16(15-9)8-3-6(12)5(11)2-7(8)13/h2-4H,13H2,1H3. The van der Waals surface area contributed by atoms with Crippen LogP contribution in [-0.2, 0) is 4.74 Å². The zero-order chi connectivity index (χ0) is 13.3. The first-order valence-corrected chi connectivity index (χ1v) is 5.57. The molecule has 0 spiro atoms. The van der Waals surface area contributed by atoms with Gasteiger partial charge in [0.1, 0.15) is 12.1 Å². The van der Waals surface area contributed by atoms with Gasteiger partial charge in [-0.2, -0.15) is 0 Å². The van der Waals surface area contributed by atoms with Crippen LogP contribution >= 0.6 is 15.9 Å². The van der Waals surface area contributed by atoms with Crippen LogP contribution in [0, 0.1) is 5.82 Å². The van der Waals surface area contributed by atoms with E-state index in [1.165, 1.54) is 30.3 Å². The molecule has 94 valence electrons. The molecule has 0 atom stereocenters. The molecule has 0 aliphatic rings. The molecule has 0 aliphatic carbocycles. The number of aromatic nitrogens is 3. The predicted octanol–water partition coefficient (Wildman–Crippen LogP) is 1.54. The summed E-state index contributed by atoms with van der Waals surface area (Å²) < 4.78 is 19.3. The number of ether oxygens (including phenoxy) is 1. The smallest absolute Gasteiger partial charge is 0.377 e. The lowest BCUT2D eigenvalue weighted by molar-refractivity contribution is 0.0587. The molecule has 1 heterocycles. The number of anilines is 1. The SMILES string of the molecule is COC(=O)c1ncn(-c2cc(F)c(Br)cc2N)n1. The summed E-state index contributed by atoms with van der Waals surface area (Å²) in [6.45, 7) is 0. The van der Waals surface area contributed by atoms with Crippen molar-refractivity contribution in [3.8, 4) is 5.69 Å². The monoisotopic (exact) mass is 314 g/mol. The Balaban J connectivity index is 2.46. The van der Waals surface area contributed by atoms with Gasteiger partial charge >= 0.3 is 5.97 Å². The van der Waals surface area contributed by atoms with Crippen LogP contribution < -0.4 is 5.73 Å². The highest BCUT2D eigenvalue weighted by atomic mass is 79.9. The van der Waals surface area contributed by atoms with Crippen molar-refractivity contribution < 1.29 is 13.9 Å². The molecule has 0 saturated carbocycles. The topological polar surface area (TPSA) is 83.0 Å². The van der Waals surface area contributed by atoms with Gasteiger partial charge in [-0.15, -0.1) is 5.10 Å². The largest absolute Gasteiger partial charge is 0.463 e. The number of hydrogen-bond acceptors (Lipinski definition) is 5. The molecular weight excluding hydrogens is 307 g/mol. The molecule has 2 aromatic rings. The number of nitrogens with zero attached hydrogens (tertiary/aromatic N) is 3. The van der Waals surface area contributed by atoms with E-state index in [0.717, 1.165) is 0 Å². The molecule has 1 aromatic heterocycles. The maximum absolute atomic E-state index is 13.4. The lowest BCUT2D eigenvalue weighted by Crippen LogP contribution is -2.06. The van der Waals surface area contributed by atoms with Gasteiger partial charge in [0.2, 0.25) is 0 Å². The molecular formula is C10H8BrFN4O2. The third kappa shape index (κ3) is 2.19. The summed E-state index contributed by atoms with van der Waals surface area (Å²) in [5.41, 5.74) is 6.32. The number of nitrogens with two attached hydrogens (primary N) is 1. The van der Waals surface area contributed by atoms with Crippen molar-refractivity contribution >= 4 is 27.6 Å². The van der Waals surface area contributed by atoms with Crippen LogP contribution in [0.5, 0.6) is 0 Å². The first-order valence-electron chi connectivity index (χ1n) is 4.78. The number of methoxy groups -OCH3 is 1. The number of halogens is 2. The molecule has 0 saturated heterocycles. The van der Waals surface area contributed by atoms with Crippen LogP contribution in [0.1, 0.15) is 10.6 Å². The molecule has 6 nitrogen and oxygen atoms in total. The Hall–Kier alpha value is -1.96. The summed E-state index contributed by atoms with van der Waals surface area (Å²) in [7, 11) is 1.22. The fourth-order valence-electron chi connectivity index (χ4n) is 1.31. The van der Waals surface area contributed by atoms with E-state index in [-0.39, 0.29) is 10.3 Å². The third-order valence-electron chi connectivity index (χ3n) is 2.18. The average molecular weight is 315 g/mol. The molecule has 0 amide bonds. The molecule has 18 heavy (non-hydrogen) atoms. The fraction of sp³-hybridized carbons (Fsp3) is 0.100. The van der Waals surface area contributed by atoms with Gasteiger partial charge in [-0.1, -0.05) is 0 Å². The van der Waals surface area contributed by atoms with Gasteiger partial charge in [0.05, 0.1) is 23.0 Å². The van der Waals surface area contributed by atoms with Gasteiger partial charge in [-0.25, -0.2) is 18.9 Å². The summed E-state index contributed by atoms with van der Waals surface area (Å²) >= 11 is 3.02. The Bertz CT molecular complexity index is 614. The summed E-state index contributed by atoms with van der Waals surface area (Å²) in [4.78, 5) is 14.9. The van der Waals surface area contributed by atoms with Crippen LogP contribution in [0.15, 0.2) is 22.9 Å². The zero-order valence-corrected chi connectivity index (χ0v) is 10.8. The summed E-state index contributed by atoms with van der Waals surface area (Å²) in [5, 5.41) is 3.85. The minimum atomic E-state index is -0.676. The van der Waals surface area contributed by atoms with E-state index in [1.54, 1.807) is 0 Å². The van der Waals surface area contributed by atoms with E-state index in [4.69, 9.17) is 5.73 Å². The molecule has 1 aromatic carbocycles. The number of benzene rings is 1. The first-order chi connectivity index (χ1) is 8.52. The van der Waals surface area contributed by atoms with E-state index in [0.29, 0.717) is 11.4 Å². The Kier molecular flexibility index (Phi) is 3.28. The summed E-state index contributed by atoms with van der Waals surface area (Å²) in [6, 6.07) is 2.60. The van der Waals surface area contributed by atoms with E-state index >= 15 is 0 Å². The van der Waals surface area contributed by atoms with Crippen LogP contribution in [0.2, 0.25) is 0 Å². The Morgan fingerprint density at radius 2 is 2.28 bits per heavy atom. The van der Waals surface area contributed by atoms with E-state index in [2.05, 4.69) is 30.7 Å². The van der Waals surface area contributed by atoms with E-state index in [1.807, 2.05) is 0 Å². The van der Waals surface area contributed by atoms with Gasteiger partial charge in [-0.3, -0.25) is 0 Å². The maximum Gasteiger partial charge on any atom is 0.377 e. The maximum atomic E-state index is 13.4. The molecule has 0 bridgehead atoms. The number of nitrogen functional groups attached to an aromatic ring is 1.